The lowest BCUT2D eigenvalue weighted by atomic mass is 9.77. The lowest BCUT2D eigenvalue weighted by Gasteiger charge is -2.34. The normalized spacial score (nSPS) is 17.0. The highest BCUT2D eigenvalue weighted by molar-refractivity contribution is 7.95. The summed E-state index contributed by atoms with van der Waals surface area (Å²) in [7, 11) is -3.47. The van der Waals surface area contributed by atoms with Crippen molar-refractivity contribution < 1.29 is 8.42 Å². The first-order valence-electron chi connectivity index (χ1n) is 7.71. The van der Waals surface area contributed by atoms with Crippen LogP contribution in [-0.2, 0) is 15.3 Å². The van der Waals surface area contributed by atoms with E-state index >= 15 is 0 Å². The minimum atomic E-state index is -3.47. The zero-order chi connectivity index (χ0) is 17.6. The van der Waals surface area contributed by atoms with Crippen LogP contribution in [0.2, 0.25) is 0 Å². The van der Waals surface area contributed by atoms with Crippen molar-refractivity contribution in [3.8, 4) is 0 Å². The van der Waals surface area contributed by atoms with Gasteiger partial charge in [-0.2, -0.15) is 0 Å². The average molecular weight is 320 g/mol. The average Bonchev–Trinajstić information content (AvgIpc) is 2.54. The summed E-state index contributed by atoms with van der Waals surface area (Å²) in [6, 6.07) is 7.10. The first-order valence-corrected chi connectivity index (χ1v) is 9.20. The maximum absolute atomic E-state index is 12.5. The van der Waals surface area contributed by atoms with Gasteiger partial charge in [0.25, 0.3) is 0 Å². The fraction of sp³-hybridized carbons (Fsp3) is 0.368. The highest BCUT2D eigenvalue weighted by Crippen LogP contribution is 2.45. The van der Waals surface area contributed by atoms with E-state index in [2.05, 4.69) is 13.2 Å². The molecule has 122 valence electrons. The van der Waals surface area contributed by atoms with E-state index in [0.717, 1.165) is 5.56 Å². The number of sulfone groups is 1. The molecule has 0 aromatic heterocycles. The third kappa shape index (κ3) is 3.25. The quantitative estimate of drug-likeness (QED) is 0.728. The minimum absolute atomic E-state index is 0.265. The van der Waals surface area contributed by atoms with E-state index in [1.165, 1.54) is 6.08 Å². The maximum Gasteiger partial charge on any atom is 0.207 e. The van der Waals surface area contributed by atoms with Gasteiger partial charge in [0, 0.05) is 5.41 Å². The second kappa shape index (κ2) is 8.14. The summed E-state index contributed by atoms with van der Waals surface area (Å²) in [5.41, 5.74) is 1.13. The molecule has 0 bridgehead atoms. The summed E-state index contributed by atoms with van der Waals surface area (Å²) >= 11 is 0. The number of hydrogen-bond acceptors (Lipinski definition) is 2. The summed E-state index contributed by atoms with van der Waals surface area (Å²) < 4.78 is 25.0. The van der Waals surface area contributed by atoms with Crippen LogP contribution in [0.3, 0.4) is 0 Å². The van der Waals surface area contributed by atoms with Crippen LogP contribution in [0.25, 0.3) is 0 Å². The van der Waals surface area contributed by atoms with Crippen LogP contribution in [0.5, 0.6) is 0 Å². The van der Waals surface area contributed by atoms with Crippen LogP contribution >= 0.6 is 0 Å². The molecule has 2 nitrogen and oxygen atoms in total. The fourth-order valence-corrected chi connectivity index (χ4v) is 4.46. The third-order valence-electron chi connectivity index (χ3n) is 3.47. The molecular weight excluding hydrogens is 292 g/mol. The molecular formula is C19H28O2S. The van der Waals surface area contributed by atoms with E-state index in [9.17, 15) is 8.42 Å². The van der Waals surface area contributed by atoms with Gasteiger partial charge >= 0.3 is 0 Å². The maximum atomic E-state index is 12.5. The molecule has 22 heavy (non-hydrogen) atoms. The van der Waals surface area contributed by atoms with E-state index in [1.54, 1.807) is 18.2 Å². The lowest BCUT2D eigenvalue weighted by molar-refractivity contribution is 0.574. The van der Waals surface area contributed by atoms with Crippen LogP contribution in [-0.4, -0.2) is 8.42 Å². The van der Waals surface area contributed by atoms with Crippen molar-refractivity contribution in [2.75, 3.05) is 0 Å². The standard InChI is InChI=1S/C15H16O2S.2C2H6/c1-5-11-13(6-2)18(16,17)14-10-8-7-9-12(14)15(11,3)4;2*1-2/h5-10H,1-2H2,3-4H3;2*1-2H3. The highest BCUT2D eigenvalue weighted by atomic mass is 32.2. The highest BCUT2D eigenvalue weighted by Gasteiger charge is 2.39. The molecule has 0 spiro atoms. The number of fused-ring (bicyclic) bond motifs is 1. The lowest BCUT2D eigenvalue weighted by Crippen LogP contribution is -2.29. The van der Waals surface area contributed by atoms with Crippen LogP contribution in [0.1, 0.15) is 47.1 Å². The first kappa shape index (κ1) is 20.4. The van der Waals surface area contributed by atoms with E-state index in [-0.39, 0.29) is 10.3 Å². The van der Waals surface area contributed by atoms with Gasteiger partial charge in [0.05, 0.1) is 9.80 Å². The SMILES string of the molecule is C=CC1=C(C=C)S(=O)(=O)c2ccccc2C1(C)C.CC.CC. The molecule has 0 radical (unpaired) electrons. The molecule has 0 atom stereocenters. The van der Waals surface area contributed by atoms with Crippen LogP contribution in [0, 0.1) is 0 Å². The first-order chi connectivity index (χ1) is 10.4. The predicted octanol–water partition coefficient (Wildman–Crippen LogP) is 5.43. The van der Waals surface area contributed by atoms with Gasteiger partial charge in [-0.05, 0) is 17.2 Å². The van der Waals surface area contributed by atoms with Gasteiger partial charge in [0.2, 0.25) is 9.84 Å². The topological polar surface area (TPSA) is 34.1 Å². The molecule has 1 aromatic rings. The summed E-state index contributed by atoms with van der Waals surface area (Å²) in [6.45, 7) is 19.4. The molecule has 1 heterocycles. The van der Waals surface area contributed by atoms with Crippen molar-refractivity contribution in [1.29, 1.82) is 0 Å². The Hall–Kier alpha value is -1.61. The Labute approximate surface area is 136 Å². The molecule has 0 unspecified atom stereocenters. The second-order valence-electron chi connectivity index (χ2n) is 4.81. The number of allylic oxidation sites excluding steroid dienone is 3. The molecule has 1 aromatic carbocycles. The Morgan fingerprint density at radius 3 is 1.91 bits per heavy atom. The van der Waals surface area contributed by atoms with Crippen molar-refractivity contribution in [3.63, 3.8) is 0 Å². The summed E-state index contributed by atoms with van der Waals surface area (Å²) in [5, 5.41) is 0. The Morgan fingerprint density at radius 1 is 0.955 bits per heavy atom. The largest absolute Gasteiger partial charge is 0.218 e. The second-order valence-corrected chi connectivity index (χ2v) is 6.70. The minimum Gasteiger partial charge on any atom is -0.218 e. The van der Waals surface area contributed by atoms with Crippen molar-refractivity contribution in [1.82, 2.24) is 0 Å². The Morgan fingerprint density at radius 2 is 1.45 bits per heavy atom. The summed E-state index contributed by atoms with van der Waals surface area (Å²) in [6.07, 6.45) is 3.02. The third-order valence-corrected chi connectivity index (χ3v) is 5.37. The van der Waals surface area contributed by atoms with E-state index in [0.29, 0.717) is 10.5 Å². The van der Waals surface area contributed by atoms with Gasteiger partial charge in [-0.25, -0.2) is 8.42 Å². The van der Waals surface area contributed by atoms with Gasteiger partial charge in [0.1, 0.15) is 0 Å². The predicted molar refractivity (Wildman–Crippen MR) is 96.8 cm³/mol. The van der Waals surface area contributed by atoms with Crippen molar-refractivity contribution in [2.45, 2.75) is 51.9 Å². The summed E-state index contributed by atoms with van der Waals surface area (Å²) in [5.74, 6) is 0. The summed E-state index contributed by atoms with van der Waals surface area (Å²) in [4.78, 5) is 0.636. The van der Waals surface area contributed by atoms with Gasteiger partial charge in [0.15, 0.2) is 0 Å². The van der Waals surface area contributed by atoms with E-state index < -0.39 is 9.84 Å². The van der Waals surface area contributed by atoms with Crippen LogP contribution in [0.4, 0.5) is 0 Å². The molecule has 2 rings (SSSR count). The zero-order valence-electron chi connectivity index (χ0n) is 14.6. The van der Waals surface area contributed by atoms with Gasteiger partial charge < -0.3 is 0 Å². The molecule has 1 aliphatic rings. The Bertz CT molecular complexity index is 662. The molecule has 0 aliphatic carbocycles. The van der Waals surface area contributed by atoms with Gasteiger partial charge in [-0.3, -0.25) is 0 Å². The van der Waals surface area contributed by atoms with E-state index in [4.69, 9.17) is 0 Å². The van der Waals surface area contributed by atoms with Crippen molar-refractivity contribution in [3.05, 3.63) is 65.6 Å². The molecule has 0 saturated carbocycles. The number of hydrogen-bond donors (Lipinski definition) is 0. The molecule has 3 heteroatoms. The number of rotatable bonds is 2. The van der Waals surface area contributed by atoms with Gasteiger partial charge in [-0.15, -0.1) is 0 Å². The monoisotopic (exact) mass is 320 g/mol. The van der Waals surface area contributed by atoms with E-state index in [1.807, 2.05) is 53.7 Å². The molecule has 0 amide bonds. The molecule has 0 saturated heterocycles. The molecule has 0 N–H and O–H groups in total. The number of benzene rings is 1. The van der Waals surface area contributed by atoms with Crippen LogP contribution < -0.4 is 0 Å². The Kier molecular flexibility index (Phi) is 7.54. The fourth-order valence-electron chi connectivity index (χ4n) is 2.51. The van der Waals surface area contributed by atoms with Gasteiger partial charge in [-0.1, -0.05) is 85.1 Å². The Balaban J connectivity index is 0.00000102. The zero-order valence-corrected chi connectivity index (χ0v) is 15.4. The van der Waals surface area contributed by atoms with Crippen molar-refractivity contribution in [2.24, 2.45) is 0 Å². The van der Waals surface area contributed by atoms with Crippen molar-refractivity contribution >= 4 is 9.84 Å². The molecule has 0 fully saturated rings. The van der Waals surface area contributed by atoms with Crippen LogP contribution in [0.15, 0.2) is 64.9 Å². The molecule has 1 aliphatic heterocycles. The smallest absolute Gasteiger partial charge is 0.207 e.